The Hall–Kier alpha value is -2.02. The van der Waals surface area contributed by atoms with Crippen LogP contribution in [0.4, 0.5) is 0 Å². The zero-order valence-corrected chi connectivity index (χ0v) is 10.5. The van der Waals surface area contributed by atoms with Crippen molar-refractivity contribution in [3.63, 3.8) is 0 Å². The number of allylic oxidation sites excluding steroid dienone is 3. The first-order valence-electron chi connectivity index (χ1n) is 5.66. The molecule has 1 nitrogen and oxygen atoms in total. The zero-order chi connectivity index (χ0) is 12.7. The van der Waals surface area contributed by atoms with Crippen molar-refractivity contribution >= 4 is 11.6 Å². The van der Waals surface area contributed by atoms with Gasteiger partial charge in [-0.15, -0.1) is 0 Å². The molecule has 0 radical (unpaired) electrons. The maximum atomic E-state index is 3.80. The van der Waals surface area contributed by atoms with Gasteiger partial charge < -0.3 is 5.32 Å². The fourth-order valence-electron chi connectivity index (χ4n) is 1.62. The number of hydrogen-bond donors (Lipinski definition) is 1. The van der Waals surface area contributed by atoms with Crippen molar-refractivity contribution in [2.75, 3.05) is 0 Å². The number of rotatable bonds is 5. The average Bonchev–Trinajstić information content (AvgIpc) is 2.35. The molecule has 0 unspecified atom stereocenters. The van der Waals surface area contributed by atoms with Crippen molar-refractivity contribution < 1.29 is 0 Å². The van der Waals surface area contributed by atoms with Crippen molar-refractivity contribution in [3.8, 4) is 0 Å². The third-order valence-electron chi connectivity index (χ3n) is 2.51. The molecule has 0 aromatic heterocycles. The highest BCUT2D eigenvalue weighted by Crippen LogP contribution is 2.21. The maximum absolute atomic E-state index is 3.80. The van der Waals surface area contributed by atoms with E-state index in [9.17, 15) is 0 Å². The number of nitrogens with one attached hydrogen (secondary N) is 1. The number of benzene rings is 1. The van der Waals surface area contributed by atoms with Gasteiger partial charge in [0.25, 0.3) is 0 Å². The van der Waals surface area contributed by atoms with Gasteiger partial charge in [-0.1, -0.05) is 43.5 Å². The Labute approximate surface area is 104 Å². The second-order valence-electron chi connectivity index (χ2n) is 3.75. The smallest absolute Gasteiger partial charge is 0.00833 e. The van der Waals surface area contributed by atoms with E-state index in [4.69, 9.17) is 0 Å². The molecule has 0 heterocycles. The highest BCUT2D eigenvalue weighted by molar-refractivity contribution is 5.77. The number of aryl methyl sites for hydroxylation is 1. The highest BCUT2D eigenvalue weighted by atomic mass is 14.8. The number of hydrogen-bond acceptors (Lipinski definition) is 1. The minimum atomic E-state index is 1.12. The molecule has 1 heteroatoms. The van der Waals surface area contributed by atoms with E-state index in [1.807, 2.05) is 25.3 Å². The van der Waals surface area contributed by atoms with Gasteiger partial charge in [0.05, 0.1) is 0 Å². The predicted molar refractivity (Wildman–Crippen MR) is 77.4 cm³/mol. The molecule has 1 N–H and O–H groups in total. The van der Waals surface area contributed by atoms with Crippen LogP contribution in [0.5, 0.6) is 0 Å². The lowest BCUT2D eigenvalue weighted by atomic mass is 9.98. The van der Waals surface area contributed by atoms with Crippen LogP contribution in [0.25, 0.3) is 11.6 Å². The third kappa shape index (κ3) is 3.49. The average molecular weight is 225 g/mol. The minimum Gasteiger partial charge on any atom is -0.368 e. The predicted octanol–water partition coefficient (Wildman–Crippen LogP) is 4.29. The van der Waals surface area contributed by atoms with E-state index in [0.717, 1.165) is 11.1 Å². The zero-order valence-electron chi connectivity index (χ0n) is 10.5. The molecule has 0 aliphatic carbocycles. The van der Waals surface area contributed by atoms with Gasteiger partial charge in [0.15, 0.2) is 0 Å². The van der Waals surface area contributed by atoms with Crippen LogP contribution in [0, 0.1) is 6.92 Å². The topological polar surface area (TPSA) is 12.0 Å². The minimum absolute atomic E-state index is 1.12. The van der Waals surface area contributed by atoms with Gasteiger partial charge in [0, 0.05) is 6.20 Å². The summed E-state index contributed by atoms with van der Waals surface area (Å²) >= 11 is 0. The molecule has 0 saturated heterocycles. The van der Waals surface area contributed by atoms with Crippen LogP contribution >= 0.6 is 0 Å². The second-order valence-corrected chi connectivity index (χ2v) is 3.75. The first-order chi connectivity index (χ1) is 8.22. The van der Waals surface area contributed by atoms with Gasteiger partial charge in [-0.3, -0.25) is 0 Å². The normalized spacial score (nSPS) is 11.5. The van der Waals surface area contributed by atoms with Crippen LogP contribution in [-0.2, 0) is 0 Å². The monoisotopic (exact) mass is 225 g/mol. The molecular formula is C16H19N. The maximum Gasteiger partial charge on any atom is 0.00833 e. The van der Waals surface area contributed by atoms with E-state index in [2.05, 4.69) is 49.7 Å². The van der Waals surface area contributed by atoms with Gasteiger partial charge in [-0.05, 0) is 48.4 Å². The molecule has 17 heavy (non-hydrogen) atoms. The molecule has 1 aromatic rings. The molecule has 0 bridgehead atoms. The Balaban J connectivity index is 3.25. The molecule has 1 rings (SSSR count). The quantitative estimate of drug-likeness (QED) is 0.737. The first kappa shape index (κ1) is 13.0. The molecule has 0 spiro atoms. The first-order valence-corrected chi connectivity index (χ1v) is 5.66. The molecule has 1 aromatic carbocycles. The van der Waals surface area contributed by atoms with Crippen LogP contribution in [0.15, 0.2) is 55.9 Å². The van der Waals surface area contributed by atoms with Crippen LogP contribution in [-0.4, -0.2) is 0 Å². The largest absolute Gasteiger partial charge is 0.368 e. The molecule has 0 aliphatic heterocycles. The van der Waals surface area contributed by atoms with Crippen molar-refractivity contribution in [1.29, 1.82) is 0 Å². The lowest BCUT2D eigenvalue weighted by molar-refractivity contribution is 1.20. The second kappa shape index (κ2) is 6.54. The molecule has 0 aliphatic rings. The van der Waals surface area contributed by atoms with Gasteiger partial charge >= 0.3 is 0 Å². The van der Waals surface area contributed by atoms with Gasteiger partial charge in [-0.2, -0.15) is 0 Å². The summed E-state index contributed by atoms with van der Waals surface area (Å²) in [5.41, 5.74) is 4.70. The Bertz CT molecular complexity index is 464. The molecule has 0 fully saturated rings. The molecular weight excluding hydrogens is 206 g/mol. The standard InChI is InChI=1S/C16H19N/c1-5-8-15(12-17-7-3)16-11-14(6-2)10-9-13(16)4/h5-12,17H,2-3H2,1,4H3/b8-5-,15-12+. The van der Waals surface area contributed by atoms with Crippen molar-refractivity contribution in [1.82, 2.24) is 5.32 Å². The lowest BCUT2D eigenvalue weighted by Crippen LogP contribution is -1.95. The summed E-state index contributed by atoms with van der Waals surface area (Å²) in [6.45, 7) is 11.6. The summed E-state index contributed by atoms with van der Waals surface area (Å²) in [4.78, 5) is 0. The summed E-state index contributed by atoms with van der Waals surface area (Å²) in [5.74, 6) is 0. The molecule has 0 atom stereocenters. The SMILES string of the molecule is C=CN/C=C(\C=C/C)c1cc(C=C)ccc1C. The Morgan fingerprint density at radius 3 is 2.65 bits per heavy atom. The van der Waals surface area contributed by atoms with Gasteiger partial charge in [0.1, 0.15) is 0 Å². The van der Waals surface area contributed by atoms with Crippen LogP contribution in [0.2, 0.25) is 0 Å². The van der Waals surface area contributed by atoms with E-state index in [1.165, 1.54) is 11.1 Å². The van der Waals surface area contributed by atoms with E-state index < -0.39 is 0 Å². The molecule has 88 valence electrons. The molecule has 0 saturated carbocycles. The van der Waals surface area contributed by atoms with Crippen LogP contribution in [0.1, 0.15) is 23.6 Å². The van der Waals surface area contributed by atoms with Crippen molar-refractivity contribution in [2.24, 2.45) is 0 Å². The van der Waals surface area contributed by atoms with Crippen LogP contribution < -0.4 is 5.32 Å². The van der Waals surface area contributed by atoms with E-state index in [0.29, 0.717) is 0 Å². The Morgan fingerprint density at radius 1 is 1.29 bits per heavy atom. The lowest BCUT2D eigenvalue weighted by Gasteiger charge is -2.08. The summed E-state index contributed by atoms with van der Waals surface area (Å²) in [6, 6.07) is 6.32. The van der Waals surface area contributed by atoms with Crippen LogP contribution in [0.3, 0.4) is 0 Å². The summed E-state index contributed by atoms with van der Waals surface area (Å²) in [5, 5.41) is 3.02. The third-order valence-corrected chi connectivity index (χ3v) is 2.51. The van der Waals surface area contributed by atoms with Gasteiger partial charge in [0.2, 0.25) is 0 Å². The fraction of sp³-hybridized carbons (Fsp3) is 0.125. The summed E-state index contributed by atoms with van der Waals surface area (Å²) < 4.78 is 0. The van der Waals surface area contributed by atoms with E-state index in [1.54, 1.807) is 6.20 Å². The van der Waals surface area contributed by atoms with E-state index in [-0.39, 0.29) is 0 Å². The van der Waals surface area contributed by atoms with Crippen molar-refractivity contribution in [3.05, 3.63) is 72.6 Å². The summed E-state index contributed by atoms with van der Waals surface area (Å²) in [7, 11) is 0. The Kier molecular flexibility index (Phi) is 5.02. The Morgan fingerprint density at radius 2 is 2.06 bits per heavy atom. The fourth-order valence-corrected chi connectivity index (χ4v) is 1.62. The highest BCUT2D eigenvalue weighted by Gasteiger charge is 2.02. The summed E-state index contributed by atoms with van der Waals surface area (Å²) in [6.07, 6.45) is 9.57. The van der Waals surface area contributed by atoms with Gasteiger partial charge in [-0.25, -0.2) is 0 Å². The molecule has 0 amide bonds. The van der Waals surface area contributed by atoms with E-state index >= 15 is 0 Å². The van der Waals surface area contributed by atoms with Crippen molar-refractivity contribution in [2.45, 2.75) is 13.8 Å².